The second kappa shape index (κ2) is 7.31. The first-order valence-electron chi connectivity index (χ1n) is 8.50. The quantitative estimate of drug-likeness (QED) is 0.582. The van der Waals surface area contributed by atoms with Crippen LogP contribution in [-0.2, 0) is 0 Å². The molecule has 3 nitrogen and oxygen atoms in total. The summed E-state index contributed by atoms with van der Waals surface area (Å²) in [6.07, 6.45) is 6.42. The van der Waals surface area contributed by atoms with Gasteiger partial charge in [0.05, 0.1) is 17.2 Å². The summed E-state index contributed by atoms with van der Waals surface area (Å²) in [6, 6.07) is 14.9. The first-order chi connectivity index (χ1) is 11.7. The molecule has 0 spiro atoms. The third-order valence-electron chi connectivity index (χ3n) is 4.75. The highest BCUT2D eigenvalue weighted by molar-refractivity contribution is 5.91. The number of nitriles is 1. The Labute approximate surface area is 142 Å². The fraction of sp³-hybridized carbons (Fsp3) is 0.333. The molecule has 0 amide bonds. The number of aryl methyl sites for hydroxylation is 1. The minimum Gasteiger partial charge on any atom is -0.423 e. The van der Waals surface area contributed by atoms with Crippen LogP contribution in [0.4, 0.5) is 0 Å². The summed E-state index contributed by atoms with van der Waals surface area (Å²) in [5.74, 6) is 0.729. The van der Waals surface area contributed by atoms with Gasteiger partial charge in [-0.15, -0.1) is 0 Å². The zero-order chi connectivity index (χ0) is 16.9. The molecule has 1 fully saturated rings. The average molecular weight is 319 g/mol. The largest absolute Gasteiger partial charge is 0.423 e. The van der Waals surface area contributed by atoms with Gasteiger partial charge >= 0.3 is 5.97 Å². The number of nitrogens with zero attached hydrogens (tertiary/aromatic N) is 1. The summed E-state index contributed by atoms with van der Waals surface area (Å²) in [5.41, 5.74) is 3.26. The van der Waals surface area contributed by atoms with Gasteiger partial charge in [0, 0.05) is 0 Å². The van der Waals surface area contributed by atoms with Gasteiger partial charge in [-0.2, -0.15) is 5.26 Å². The molecule has 122 valence electrons. The van der Waals surface area contributed by atoms with Gasteiger partial charge in [0.2, 0.25) is 0 Å². The zero-order valence-electron chi connectivity index (χ0n) is 13.9. The van der Waals surface area contributed by atoms with Crippen LogP contribution in [0.15, 0.2) is 42.5 Å². The number of hydrogen-bond donors (Lipinski definition) is 0. The molecular weight excluding hydrogens is 298 g/mol. The van der Waals surface area contributed by atoms with Gasteiger partial charge in [-0.1, -0.05) is 31.4 Å². The summed E-state index contributed by atoms with van der Waals surface area (Å²) in [4.78, 5) is 12.3. The maximum absolute atomic E-state index is 12.3. The molecule has 0 radical (unpaired) electrons. The molecule has 1 aliphatic rings. The van der Waals surface area contributed by atoms with E-state index >= 15 is 0 Å². The number of ether oxygens (including phenoxy) is 1. The van der Waals surface area contributed by atoms with Crippen molar-refractivity contribution in [2.24, 2.45) is 0 Å². The predicted molar refractivity (Wildman–Crippen MR) is 93.1 cm³/mol. The number of rotatable bonds is 3. The molecule has 0 atom stereocenters. The van der Waals surface area contributed by atoms with E-state index in [9.17, 15) is 4.79 Å². The molecular formula is C21H21NO2. The summed E-state index contributed by atoms with van der Waals surface area (Å²) in [5, 5.41) is 8.94. The molecule has 24 heavy (non-hydrogen) atoms. The van der Waals surface area contributed by atoms with Gasteiger partial charge in [0.1, 0.15) is 5.75 Å². The van der Waals surface area contributed by atoms with Crippen LogP contribution in [-0.4, -0.2) is 5.97 Å². The predicted octanol–water partition coefficient (Wildman–Crippen LogP) is 5.13. The summed E-state index contributed by atoms with van der Waals surface area (Å²) in [6.45, 7) is 1.83. The molecule has 1 saturated carbocycles. The number of benzene rings is 2. The number of esters is 1. The maximum atomic E-state index is 12.3. The second-order valence-corrected chi connectivity index (χ2v) is 6.43. The normalized spacial score (nSPS) is 14.8. The van der Waals surface area contributed by atoms with E-state index in [4.69, 9.17) is 10.00 Å². The minimum absolute atomic E-state index is 0.366. The van der Waals surface area contributed by atoms with Gasteiger partial charge in [0.25, 0.3) is 0 Å². The molecule has 2 aromatic rings. The van der Waals surface area contributed by atoms with Crippen LogP contribution < -0.4 is 4.74 Å². The summed E-state index contributed by atoms with van der Waals surface area (Å²) < 4.78 is 5.42. The van der Waals surface area contributed by atoms with E-state index in [-0.39, 0.29) is 5.97 Å². The highest BCUT2D eigenvalue weighted by Gasteiger charge is 2.16. The van der Waals surface area contributed by atoms with Crippen molar-refractivity contribution in [2.45, 2.75) is 44.9 Å². The Balaban J connectivity index is 1.69. The van der Waals surface area contributed by atoms with Crippen molar-refractivity contribution in [3.8, 4) is 11.8 Å². The lowest BCUT2D eigenvalue weighted by molar-refractivity contribution is 0.0734. The lowest BCUT2D eigenvalue weighted by Crippen LogP contribution is -2.09. The van der Waals surface area contributed by atoms with Crippen LogP contribution in [0.25, 0.3) is 0 Å². The van der Waals surface area contributed by atoms with E-state index in [1.807, 2.05) is 19.1 Å². The fourth-order valence-corrected chi connectivity index (χ4v) is 3.32. The highest BCUT2D eigenvalue weighted by Crippen LogP contribution is 2.32. The van der Waals surface area contributed by atoms with Gasteiger partial charge in [-0.25, -0.2) is 4.79 Å². The molecule has 0 aromatic heterocycles. The Hall–Kier alpha value is -2.60. The average Bonchev–Trinajstić information content (AvgIpc) is 2.63. The van der Waals surface area contributed by atoms with Gasteiger partial charge in [-0.3, -0.25) is 0 Å². The molecule has 2 aromatic carbocycles. The van der Waals surface area contributed by atoms with E-state index in [1.54, 1.807) is 18.2 Å². The molecule has 3 rings (SSSR count). The molecule has 0 unspecified atom stereocenters. The lowest BCUT2D eigenvalue weighted by Gasteiger charge is -2.21. The third-order valence-corrected chi connectivity index (χ3v) is 4.75. The first kappa shape index (κ1) is 16.3. The van der Waals surface area contributed by atoms with Gasteiger partial charge in [-0.05, 0) is 67.1 Å². The molecule has 0 heterocycles. The van der Waals surface area contributed by atoms with Crippen molar-refractivity contribution in [3.63, 3.8) is 0 Å². The van der Waals surface area contributed by atoms with Crippen molar-refractivity contribution in [1.29, 1.82) is 5.26 Å². The number of hydrogen-bond acceptors (Lipinski definition) is 3. The standard InChI is InChI=1S/C21H21NO2/c1-15-13-20(12-11-19(15)14-22)24-21(23)18-9-7-17(8-10-18)16-5-3-2-4-6-16/h7-13,16H,2-6H2,1H3. The number of carbonyl (C=O) groups is 1. The summed E-state index contributed by atoms with van der Waals surface area (Å²) in [7, 11) is 0. The molecule has 0 saturated heterocycles. The summed E-state index contributed by atoms with van der Waals surface area (Å²) >= 11 is 0. The monoisotopic (exact) mass is 319 g/mol. The zero-order valence-corrected chi connectivity index (χ0v) is 13.9. The Bertz CT molecular complexity index is 765. The van der Waals surface area contributed by atoms with Gasteiger partial charge in [0.15, 0.2) is 0 Å². The van der Waals surface area contributed by atoms with Crippen LogP contribution in [0, 0.1) is 18.3 Å². The van der Waals surface area contributed by atoms with Crippen molar-refractivity contribution in [2.75, 3.05) is 0 Å². The van der Waals surface area contributed by atoms with Crippen molar-refractivity contribution < 1.29 is 9.53 Å². The van der Waals surface area contributed by atoms with Crippen LogP contribution in [0.3, 0.4) is 0 Å². The lowest BCUT2D eigenvalue weighted by atomic mass is 9.84. The fourth-order valence-electron chi connectivity index (χ4n) is 3.32. The first-order valence-corrected chi connectivity index (χ1v) is 8.50. The highest BCUT2D eigenvalue weighted by atomic mass is 16.5. The second-order valence-electron chi connectivity index (χ2n) is 6.43. The topological polar surface area (TPSA) is 50.1 Å². The minimum atomic E-state index is -0.366. The van der Waals surface area contributed by atoms with E-state index in [0.29, 0.717) is 22.8 Å². The molecule has 0 N–H and O–H groups in total. The maximum Gasteiger partial charge on any atom is 0.343 e. The van der Waals surface area contributed by atoms with E-state index in [2.05, 4.69) is 18.2 Å². The Morgan fingerprint density at radius 2 is 1.79 bits per heavy atom. The Morgan fingerprint density at radius 1 is 1.08 bits per heavy atom. The smallest absolute Gasteiger partial charge is 0.343 e. The molecule has 0 aliphatic heterocycles. The van der Waals surface area contributed by atoms with E-state index in [0.717, 1.165) is 5.56 Å². The van der Waals surface area contributed by atoms with E-state index in [1.165, 1.54) is 37.7 Å². The molecule has 3 heteroatoms. The van der Waals surface area contributed by atoms with Crippen LogP contribution >= 0.6 is 0 Å². The van der Waals surface area contributed by atoms with Crippen molar-refractivity contribution in [3.05, 3.63) is 64.7 Å². The van der Waals surface area contributed by atoms with Crippen molar-refractivity contribution >= 4 is 5.97 Å². The van der Waals surface area contributed by atoms with Crippen LogP contribution in [0.5, 0.6) is 5.75 Å². The number of carbonyl (C=O) groups excluding carboxylic acids is 1. The Kier molecular flexibility index (Phi) is 4.96. The Morgan fingerprint density at radius 3 is 2.42 bits per heavy atom. The SMILES string of the molecule is Cc1cc(OC(=O)c2ccc(C3CCCCC3)cc2)ccc1C#N. The van der Waals surface area contributed by atoms with Gasteiger partial charge < -0.3 is 4.74 Å². The molecule has 1 aliphatic carbocycles. The van der Waals surface area contributed by atoms with Crippen molar-refractivity contribution in [1.82, 2.24) is 0 Å². The van der Waals surface area contributed by atoms with Crippen LogP contribution in [0.1, 0.15) is 65.1 Å². The molecule has 0 bridgehead atoms. The third kappa shape index (κ3) is 3.65. The van der Waals surface area contributed by atoms with Crippen LogP contribution in [0.2, 0.25) is 0 Å². The van der Waals surface area contributed by atoms with E-state index < -0.39 is 0 Å².